The Morgan fingerprint density at radius 1 is 0.741 bits per heavy atom. The molecule has 3 aromatic rings. The minimum atomic E-state index is 0.669. The van der Waals surface area contributed by atoms with Crippen molar-refractivity contribution >= 4 is 0 Å². The van der Waals surface area contributed by atoms with Gasteiger partial charge in [0, 0.05) is 0 Å². The lowest BCUT2D eigenvalue weighted by molar-refractivity contribution is 0.585. The van der Waals surface area contributed by atoms with E-state index < -0.39 is 0 Å². The van der Waals surface area contributed by atoms with Crippen LogP contribution in [0.5, 0.6) is 0 Å². The molecule has 0 saturated heterocycles. The highest BCUT2D eigenvalue weighted by Crippen LogP contribution is 2.35. The van der Waals surface area contributed by atoms with E-state index in [4.69, 9.17) is 0 Å². The van der Waals surface area contributed by atoms with E-state index in [2.05, 4.69) is 80.6 Å². The molecule has 4 rings (SSSR count). The SMILES string of the molecule is CCCc1ccc(C2CCc3cc(-c4ccc(CC)cc4)ccc3C2)cc1. The van der Waals surface area contributed by atoms with Crippen molar-refractivity contribution in [3.8, 4) is 11.1 Å². The van der Waals surface area contributed by atoms with Crippen molar-refractivity contribution in [3.63, 3.8) is 0 Å². The fraction of sp³-hybridized carbons (Fsp3) is 0.333. The molecular formula is C27H30. The first-order valence-electron chi connectivity index (χ1n) is 10.6. The summed E-state index contributed by atoms with van der Waals surface area (Å²) >= 11 is 0. The van der Waals surface area contributed by atoms with Crippen LogP contribution in [0.15, 0.2) is 66.7 Å². The van der Waals surface area contributed by atoms with Gasteiger partial charge in [0.05, 0.1) is 0 Å². The molecule has 0 bridgehead atoms. The van der Waals surface area contributed by atoms with Crippen LogP contribution in [0.3, 0.4) is 0 Å². The van der Waals surface area contributed by atoms with Crippen LogP contribution in [0.1, 0.15) is 60.4 Å². The Labute approximate surface area is 164 Å². The Morgan fingerprint density at radius 2 is 1.44 bits per heavy atom. The normalized spacial score (nSPS) is 16.1. The van der Waals surface area contributed by atoms with E-state index in [1.165, 1.54) is 65.5 Å². The molecule has 27 heavy (non-hydrogen) atoms. The molecule has 0 spiro atoms. The summed E-state index contributed by atoms with van der Waals surface area (Å²) in [4.78, 5) is 0. The van der Waals surface area contributed by atoms with E-state index in [0.29, 0.717) is 5.92 Å². The molecule has 0 amide bonds. The van der Waals surface area contributed by atoms with Gasteiger partial charge in [-0.25, -0.2) is 0 Å². The molecule has 0 aromatic heterocycles. The molecule has 0 heterocycles. The minimum absolute atomic E-state index is 0.669. The first-order chi connectivity index (χ1) is 13.3. The summed E-state index contributed by atoms with van der Waals surface area (Å²) in [7, 11) is 0. The lowest BCUT2D eigenvalue weighted by atomic mass is 9.79. The van der Waals surface area contributed by atoms with Gasteiger partial charge in [-0.05, 0) is 77.0 Å². The molecule has 0 nitrogen and oxygen atoms in total. The van der Waals surface area contributed by atoms with Gasteiger partial charge in [0.25, 0.3) is 0 Å². The Kier molecular flexibility index (Phi) is 5.43. The standard InChI is InChI=1S/C27H30/c1-3-5-21-8-12-23(13-9-21)25-15-17-26-18-24(14-16-27(26)19-25)22-10-6-20(4-2)7-11-22/h6-14,16,18,25H,3-5,15,17,19H2,1-2H3. The molecule has 0 heteroatoms. The Bertz CT molecular complexity index is 884. The van der Waals surface area contributed by atoms with E-state index in [1.807, 2.05) is 0 Å². The minimum Gasteiger partial charge on any atom is -0.0651 e. The number of fused-ring (bicyclic) bond motifs is 1. The molecule has 0 fully saturated rings. The van der Waals surface area contributed by atoms with Crippen molar-refractivity contribution in [2.75, 3.05) is 0 Å². The molecular weight excluding hydrogens is 324 g/mol. The Morgan fingerprint density at radius 3 is 2.15 bits per heavy atom. The van der Waals surface area contributed by atoms with Crippen molar-refractivity contribution in [1.29, 1.82) is 0 Å². The molecule has 0 saturated carbocycles. The molecule has 1 atom stereocenters. The number of aryl methyl sites for hydroxylation is 3. The summed E-state index contributed by atoms with van der Waals surface area (Å²) < 4.78 is 0. The highest BCUT2D eigenvalue weighted by Gasteiger charge is 2.20. The molecule has 1 aliphatic carbocycles. The maximum Gasteiger partial charge on any atom is -0.0118 e. The third kappa shape index (κ3) is 4.00. The predicted octanol–water partition coefficient (Wildman–Crippen LogP) is 7.14. The highest BCUT2D eigenvalue weighted by atomic mass is 14.2. The summed E-state index contributed by atoms with van der Waals surface area (Å²) in [6, 6.07) is 25.6. The summed E-state index contributed by atoms with van der Waals surface area (Å²) in [5, 5.41) is 0. The van der Waals surface area contributed by atoms with Crippen LogP contribution in [-0.2, 0) is 25.7 Å². The predicted molar refractivity (Wildman–Crippen MR) is 116 cm³/mol. The van der Waals surface area contributed by atoms with Gasteiger partial charge in [0.15, 0.2) is 0 Å². The van der Waals surface area contributed by atoms with Crippen molar-refractivity contribution in [1.82, 2.24) is 0 Å². The second kappa shape index (κ2) is 8.13. The van der Waals surface area contributed by atoms with Crippen LogP contribution in [0.4, 0.5) is 0 Å². The fourth-order valence-electron chi connectivity index (χ4n) is 4.40. The number of rotatable bonds is 5. The van der Waals surface area contributed by atoms with Crippen molar-refractivity contribution < 1.29 is 0 Å². The average molecular weight is 355 g/mol. The van der Waals surface area contributed by atoms with Crippen LogP contribution >= 0.6 is 0 Å². The zero-order valence-electron chi connectivity index (χ0n) is 16.7. The number of hydrogen-bond acceptors (Lipinski definition) is 0. The van der Waals surface area contributed by atoms with Crippen molar-refractivity contribution in [2.24, 2.45) is 0 Å². The van der Waals surface area contributed by atoms with Crippen LogP contribution in [0.2, 0.25) is 0 Å². The van der Waals surface area contributed by atoms with Gasteiger partial charge >= 0.3 is 0 Å². The zero-order chi connectivity index (χ0) is 18.6. The van der Waals surface area contributed by atoms with E-state index in [0.717, 1.165) is 6.42 Å². The number of benzene rings is 3. The van der Waals surface area contributed by atoms with Gasteiger partial charge in [-0.2, -0.15) is 0 Å². The molecule has 0 radical (unpaired) electrons. The monoisotopic (exact) mass is 354 g/mol. The van der Waals surface area contributed by atoms with Crippen LogP contribution in [0, 0.1) is 0 Å². The first-order valence-corrected chi connectivity index (χ1v) is 10.6. The van der Waals surface area contributed by atoms with Crippen LogP contribution < -0.4 is 0 Å². The smallest absolute Gasteiger partial charge is 0.0118 e. The molecule has 0 N–H and O–H groups in total. The molecule has 3 aromatic carbocycles. The summed E-state index contributed by atoms with van der Waals surface area (Å²) in [5.41, 5.74) is 10.2. The van der Waals surface area contributed by atoms with Gasteiger partial charge in [-0.1, -0.05) is 87.0 Å². The zero-order valence-corrected chi connectivity index (χ0v) is 16.7. The van der Waals surface area contributed by atoms with E-state index in [-0.39, 0.29) is 0 Å². The van der Waals surface area contributed by atoms with Gasteiger partial charge in [0.2, 0.25) is 0 Å². The van der Waals surface area contributed by atoms with E-state index in [1.54, 1.807) is 5.56 Å². The quantitative estimate of drug-likeness (QED) is 0.457. The van der Waals surface area contributed by atoms with Gasteiger partial charge in [0.1, 0.15) is 0 Å². The highest BCUT2D eigenvalue weighted by molar-refractivity contribution is 5.65. The van der Waals surface area contributed by atoms with Crippen LogP contribution in [0.25, 0.3) is 11.1 Å². The summed E-state index contributed by atoms with van der Waals surface area (Å²) in [6.45, 7) is 4.46. The third-order valence-electron chi connectivity index (χ3n) is 6.12. The summed E-state index contributed by atoms with van der Waals surface area (Å²) in [6.07, 6.45) is 7.15. The van der Waals surface area contributed by atoms with Gasteiger partial charge < -0.3 is 0 Å². The molecule has 1 unspecified atom stereocenters. The van der Waals surface area contributed by atoms with Gasteiger partial charge in [-0.15, -0.1) is 0 Å². The summed E-state index contributed by atoms with van der Waals surface area (Å²) in [5.74, 6) is 0.669. The average Bonchev–Trinajstić information content (AvgIpc) is 2.74. The van der Waals surface area contributed by atoms with Gasteiger partial charge in [-0.3, -0.25) is 0 Å². The van der Waals surface area contributed by atoms with E-state index >= 15 is 0 Å². The third-order valence-corrected chi connectivity index (χ3v) is 6.12. The largest absolute Gasteiger partial charge is 0.0651 e. The van der Waals surface area contributed by atoms with Crippen molar-refractivity contribution in [2.45, 2.75) is 58.3 Å². The maximum atomic E-state index is 2.43. The second-order valence-corrected chi connectivity index (χ2v) is 7.97. The Balaban J connectivity index is 1.51. The first kappa shape index (κ1) is 18.0. The van der Waals surface area contributed by atoms with Crippen LogP contribution in [-0.4, -0.2) is 0 Å². The molecule has 1 aliphatic rings. The number of hydrogen-bond donors (Lipinski definition) is 0. The topological polar surface area (TPSA) is 0 Å². The molecule has 138 valence electrons. The lowest BCUT2D eigenvalue weighted by Gasteiger charge is -2.26. The Hall–Kier alpha value is -2.34. The lowest BCUT2D eigenvalue weighted by Crippen LogP contribution is -2.13. The second-order valence-electron chi connectivity index (χ2n) is 7.97. The van der Waals surface area contributed by atoms with Crippen molar-refractivity contribution in [3.05, 3.63) is 94.5 Å². The maximum absolute atomic E-state index is 2.43. The molecule has 0 aliphatic heterocycles. The fourth-order valence-corrected chi connectivity index (χ4v) is 4.40. The van der Waals surface area contributed by atoms with E-state index in [9.17, 15) is 0 Å².